The van der Waals surface area contributed by atoms with Crippen molar-refractivity contribution >= 4 is 11.0 Å². The molecule has 0 radical (unpaired) electrons. The average molecular weight is 412 g/mol. The zero-order valence-electron chi connectivity index (χ0n) is 17.1. The maximum atomic E-state index is 13.6. The summed E-state index contributed by atoms with van der Waals surface area (Å²) in [6.07, 6.45) is 0.628. The highest BCUT2D eigenvalue weighted by Gasteiger charge is 2.27. The molecule has 5 nitrogen and oxygen atoms in total. The quantitative estimate of drug-likeness (QED) is 0.673. The Kier molecular flexibility index (Phi) is 6.32. The number of nitrogens with zero attached hydrogens (tertiary/aromatic N) is 4. The summed E-state index contributed by atoms with van der Waals surface area (Å²) < 4.78 is 26.8. The standard InChI is InChI=1S/C23H26F2N4O/c1-16-23(27-22-5-3-2-4-21(22)26-16)15-28-9-10-29(18(14-28)8-11-30)13-17-6-7-19(24)20(25)12-17/h2-7,12,18,30H,8-11,13-15H2,1H3/t18-/m0/s1. The van der Waals surface area contributed by atoms with E-state index in [0.717, 1.165) is 47.6 Å². The minimum atomic E-state index is -0.831. The molecule has 1 N–H and O–H groups in total. The van der Waals surface area contributed by atoms with Crippen LogP contribution >= 0.6 is 0 Å². The minimum absolute atomic E-state index is 0.0849. The van der Waals surface area contributed by atoms with Crippen molar-refractivity contribution in [3.05, 3.63) is 71.1 Å². The van der Waals surface area contributed by atoms with Crippen molar-refractivity contribution in [3.8, 4) is 0 Å². The van der Waals surface area contributed by atoms with E-state index in [1.54, 1.807) is 6.07 Å². The van der Waals surface area contributed by atoms with Crippen molar-refractivity contribution in [2.75, 3.05) is 26.2 Å². The lowest BCUT2D eigenvalue weighted by Gasteiger charge is -2.41. The first-order valence-electron chi connectivity index (χ1n) is 10.3. The van der Waals surface area contributed by atoms with Crippen molar-refractivity contribution < 1.29 is 13.9 Å². The van der Waals surface area contributed by atoms with Crippen LogP contribution in [0.2, 0.25) is 0 Å². The summed E-state index contributed by atoms with van der Waals surface area (Å²) in [4.78, 5) is 14.0. The van der Waals surface area contributed by atoms with Crippen LogP contribution in [0.1, 0.15) is 23.4 Å². The van der Waals surface area contributed by atoms with E-state index in [4.69, 9.17) is 4.98 Å². The van der Waals surface area contributed by atoms with Gasteiger partial charge in [0.15, 0.2) is 11.6 Å². The molecule has 0 saturated carbocycles. The number of piperazine rings is 1. The molecule has 1 saturated heterocycles. The zero-order chi connectivity index (χ0) is 21.1. The molecule has 30 heavy (non-hydrogen) atoms. The first kappa shape index (κ1) is 20.8. The molecule has 2 aromatic carbocycles. The molecule has 4 rings (SSSR count). The summed E-state index contributed by atoms with van der Waals surface area (Å²) in [5, 5.41) is 9.54. The van der Waals surface area contributed by atoms with Gasteiger partial charge in [0.1, 0.15) is 0 Å². The molecule has 1 aromatic heterocycles. The number of aryl methyl sites for hydroxylation is 1. The lowest BCUT2D eigenvalue weighted by atomic mass is 10.1. The molecule has 1 fully saturated rings. The fourth-order valence-corrected chi connectivity index (χ4v) is 4.09. The molecule has 1 atom stereocenters. The summed E-state index contributed by atoms with van der Waals surface area (Å²) in [5.41, 5.74) is 4.42. The number of halogens is 2. The van der Waals surface area contributed by atoms with Crippen molar-refractivity contribution in [2.45, 2.75) is 32.5 Å². The molecule has 158 valence electrons. The van der Waals surface area contributed by atoms with E-state index in [2.05, 4.69) is 14.8 Å². The Balaban J connectivity index is 1.46. The van der Waals surface area contributed by atoms with Gasteiger partial charge in [0, 0.05) is 45.4 Å². The van der Waals surface area contributed by atoms with Gasteiger partial charge in [-0.25, -0.2) is 18.7 Å². The van der Waals surface area contributed by atoms with Gasteiger partial charge in [-0.15, -0.1) is 0 Å². The number of rotatable bonds is 6. The molecular formula is C23H26F2N4O. The van der Waals surface area contributed by atoms with Gasteiger partial charge in [-0.2, -0.15) is 0 Å². The zero-order valence-corrected chi connectivity index (χ0v) is 17.1. The monoisotopic (exact) mass is 412 g/mol. The van der Waals surface area contributed by atoms with E-state index in [1.807, 2.05) is 31.2 Å². The molecule has 3 aromatic rings. The second-order valence-corrected chi connectivity index (χ2v) is 7.86. The Morgan fingerprint density at radius 1 is 1.00 bits per heavy atom. The number of aliphatic hydroxyl groups is 1. The average Bonchev–Trinajstić information content (AvgIpc) is 2.73. The maximum Gasteiger partial charge on any atom is 0.159 e. The van der Waals surface area contributed by atoms with Crippen molar-refractivity contribution in [3.63, 3.8) is 0 Å². The Bertz CT molecular complexity index is 1030. The summed E-state index contributed by atoms with van der Waals surface area (Å²) in [5.74, 6) is -1.66. The highest BCUT2D eigenvalue weighted by molar-refractivity contribution is 5.74. The van der Waals surface area contributed by atoms with Crippen LogP contribution in [-0.2, 0) is 13.1 Å². The largest absolute Gasteiger partial charge is 0.396 e. The Hall–Kier alpha value is -2.48. The van der Waals surface area contributed by atoms with Crippen molar-refractivity contribution in [1.29, 1.82) is 0 Å². The summed E-state index contributed by atoms with van der Waals surface area (Å²) in [6.45, 7) is 5.69. The van der Waals surface area contributed by atoms with Crippen molar-refractivity contribution in [1.82, 2.24) is 19.8 Å². The third-order valence-electron chi connectivity index (χ3n) is 5.74. The number of aliphatic hydroxyl groups excluding tert-OH is 1. The fourth-order valence-electron chi connectivity index (χ4n) is 4.09. The van der Waals surface area contributed by atoms with Gasteiger partial charge in [-0.05, 0) is 43.2 Å². The maximum absolute atomic E-state index is 13.6. The minimum Gasteiger partial charge on any atom is -0.396 e. The predicted molar refractivity (Wildman–Crippen MR) is 112 cm³/mol. The summed E-state index contributed by atoms with van der Waals surface area (Å²) >= 11 is 0. The lowest BCUT2D eigenvalue weighted by molar-refractivity contribution is 0.0492. The second-order valence-electron chi connectivity index (χ2n) is 7.86. The van der Waals surface area contributed by atoms with Crippen LogP contribution in [0.15, 0.2) is 42.5 Å². The van der Waals surface area contributed by atoms with E-state index in [1.165, 1.54) is 12.1 Å². The lowest BCUT2D eigenvalue weighted by Crippen LogP contribution is -2.52. The molecule has 1 aliphatic heterocycles. The van der Waals surface area contributed by atoms with E-state index in [-0.39, 0.29) is 12.6 Å². The Labute approximate surface area is 175 Å². The van der Waals surface area contributed by atoms with Crippen LogP contribution in [0.3, 0.4) is 0 Å². The highest BCUT2D eigenvalue weighted by atomic mass is 19.2. The highest BCUT2D eigenvalue weighted by Crippen LogP contribution is 2.20. The molecule has 0 spiro atoms. The first-order valence-corrected chi connectivity index (χ1v) is 10.3. The van der Waals surface area contributed by atoms with Crippen LogP contribution in [0.25, 0.3) is 11.0 Å². The Morgan fingerprint density at radius 3 is 2.50 bits per heavy atom. The predicted octanol–water partition coefficient (Wildman–Crippen LogP) is 3.29. The van der Waals surface area contributed by atoms with Crippen LogP contribution in [-0.4, -0.2) is 57.2 Å². The number of hydrogen-bond acceptors (Lipinski definition) is 5. The van der Waals surface area contributed by atoms with Gasteiger partial charge in [0.05, 0.1) is 22.4 Å². The molecule has 2 heterocycles. The van der Waals surface area contributed by atoms with Crippen LogP contribution in [0, 0.1) is 18.6 Å². The topological polar surface area (TPSA) is 52.5 Å². The normalized spacial score (nSPS) is 18.2. The van der Waals surface area contributed by atoms with E-state index in [9.17, 15) is 13.9 Å². The number of hydrogen-bond donors (Lipinski definition) is 1. The fraction of sp³-hybridized carbons (Fsp3) is 0.391. The molecule has 0 unspecified atom stereocenters. The molecule has 0 bridgehead atoms. The molecule has 0 amide bonds. The van der Waals surface area contributed by atoms with E-state index in [0.29, 0.717) is 19.5 Å². The number of benzene rings is 2. The number of fused-ring (bicyclic) bond motifs is 1. The van der Waals surface area contributed by atoms with Crippen LogP contribution in [0.4, 0.5) is 8.78 Å². The van der Waals surface area contributed by atoms with Gasteiger partial charge in [0.25, 0.3) is 0 Å². The number of para-hydroxylation sites is 2. The number of aromatic nitrogens is 2. The van der Waals surface area contributed by atoms with Crippen LogP contribution < -0.4 is 0 Å². The van der Waals surface area contributed by atoms with Gasteiger partial charge in [0.2, 0.25) is 0 Å². The second kappa shape index (κ2) is 9.12. The third-order valence-corrected chi connectivity index (χ3v) is 5.74. The van der Waals surface area contributed by atoms with Gasteiger partial charge in [-0.3, -0.25) is 9.80 Å². The summed E-state index contributed by atoms with van der Waals surface area (Å²) in [7, 11) is 0. The van der Waals surface area contributed by atoms with Gasteiger partial charge < -0.3 is 5.11 Å². The Morgan fingerprint density at radius 2 is 1.77 bits per heavy atom. The van der Waals surface area contributed by atoms with E-state index < -0.39 is 11.6 Å². The van der Waals surface area contributed by atoms with Gasteiger partial charge >= 0.3 is 0 Å². The van der Waals surface area contributed by atoms with Gasteiger partial charge in [-0.1, -0.05) is 18.2 Å². The molecule has 0 aliphatic carbocycles. The third kappa shape index (κ3) is 4.64. The first-order chi connectivity index (χ1) is 14.5. The summed E-state index contributed by atoms with van der Waals surface area (Å²) in [6, 6.07) is 12.0. The SMILES string of the molecule is Cc1nc2ccccc2nc1CN1CCN(Cc2ccc(F)c(F)c2)[C@@H](CCO)C1. The van der Waals surface area contributed by atoms with Crippen LogP contribution in [0.5, 0.6) is 0 Å². The molecular weight excluding hydrogens is 386 g/mol. The molecule has 1 aliphatic rings. The molecule has 7 heteroatoms. The smallest absolute Gasteiger partial charge is 0.159 e. The van der Waals surface area contributed by atoms with Crippen molar-refractivity contribution in [2.24, 2.45) is 0 Å². The van der Waals surface area contributed by atoms with E-state index >= 15 is 0 Å².